The first-order valence-corrected chi connectivity index (χ1v) is 16.1. The van der Waals surface area contributed by atoms with Crippen molar-refractivity contribution in [1.29, 1.82) is 0 Å². The van der Waals surface area contributed by atoms with Crippen LogP contribution < -0.4 is 0 Å². The van der Waals surface area contributed by atoms with Gasteiger partial charge >= 0.3 is 6.18 Å². The summed E-state index contributed by atoms with van der Waals surface area (Å²) in [6.45, 7) is 12.6. The number of benzene rings is 2. The minimum absolute atomic E-state index is 0.332. The van der Waals surface area contributed by atoms with E-state index in [0.717, 1.165) is 82.3 Å². The van der Waals surface area contributed by atoms with Crippen molar-refractivity contribution in [1.82, 2.24) is 14.7 Å². The average Bonchev–Trinajstić information content (AvgIpc) is 3.21. The number of aromatic hydroxyl groups is 1. The van der Waals surface area contributed by atoms with Crippen LogP contribution in [0.25, 0.3) is 0 Å². The van der Waals surface area contributed by atoms with Crippen molar-refractivity contribution >= 4 is 0 Å². The molecular formula is C35H47F4N3O. The van der Waals surface area contributed by atoms with Gasteiger partial charge in [-0.3, -0.25) is 4.90 Å². The number of piperazine rings is 1. The summed E-state index contributed by atoms with van der Waals surface area (Å²) in [5, 5.41) is 10.4. The lowest BCUT2D eigenvalue weighted by molar-refractivity contribution is -0.137. The third kappa shape index (κ3) is 7.93. The van der Waals surface area contributed by atoms with Crippen molar-refractivity contribution in [2.24, 2.45) is 0 Å². The first-order valence-electron chi connectivity index (χ1n) is 16.1. The molecule has 0 spiro atoms. The van der Waals surface area contributed by atoms with Crippen LogP contribution in [0, 0.1) is 12.7 Å². The standard InChI is InChI=1S/C35H47F4N3O/c1-26-20-28(23-30(21-26)35(37,38)39)22-27(2)42-14-7-6-12-34(25-42,29-10-11-32(36)33(43)24-29)13-15-40-16-18-41(19-17-40)31-8-4-3-5-9-31/h10-11,20-21,23-24,31,43H,2-9,12-19,22,25H2,1H3. The van der Waals surface area contributed by atoms with E-state index in [0.29, 0.717) is 24.1 Å². The van der Waals surface area contributed by atoms with Crippen LogP contribution in [0.1, 0.15) is 80.0 Å². The molecule has 1 aliphatic carbocycles. The molecule has 2 aromatic carbocycles. The second kappa shape index (κ2) is 13.6. The van der Waals surface area contributed by atoms with Gasteiger partial charge in [0.25, 0.3) is 0 Å². The number of halogens is 4. The number of allylic oxidation sites excluding steroid dienone is 1. The highest BCUT2D eigenvalue weighted by Gasteiger charge is 2.38. The Balaban J connectivity index is 1.32. The lowest BCUT2D eigenvalue weighted by atomic mass is 9.73. The summed E-state index contributed by atoms with van der Waals surface area (Å²) in [6.07, 6.45) is 6.27. The number of likely N-dealkylation sites (tertiary alicyclic amines) is 1. The van der Waals surface area contributed by atoms with Crippen LogP contribution in [0.3, 0.4) is 0 Å². The van der Waals surface area contributed by atoms with E-state index in [-0.39, 0.29) is 11.2 Å². The minimum atomic E-state index is -4.40. The van der Waals surface area contributed by atoms with Crippen LogP contribution in [0.2, 0.25) is 0 Å². The third-order valence-electron chi connectivity index (χ3n) is 10.1. The van der Waals surface area contributed by atoms with Crippen LogP contribution in [-0.2, 0) is 18.0 Å². The van der Waals surface area contributed by atoms with Gasteiger partial charge in [-0.1, -0.05) is 50.0 Å². The van der Waals surface area contributed by atoms with Gasteiger partial charge in [-0.25, -0.2) is 4.39 Å². The monoisotopic (exact) mass is 601 g/mol. The molecule has 1 N–H and O–H groups in total. The van der Waals surface area contributed by atoms with Crippen molar-refractivity contribution in [2.75, 3.05) is 45.8 Å². The molecule has 8 heteroatoms. The number of hydrogen-bond acceptors (Lipinski definition) is 4. The van der Waals surface area contributed by atoms with E-state index < -0.39 is 17.6 Å². The highest BCUT2D eigenvalue weighted by Crippen LogP contribution is 2.40. The molecule has 1 saturated carbocycles. The second-order valence-corrected chi connectivity index (χ2v) is 13.2. The lowest BCUT2D eigenvalue weighted by Gasteiger charge is -2.43. The SMILES string of the molecule is C=C(Cc1cc(C)cc(C(F)(F)F)c1)N1CCCCC(CCN2CCN(C3CCCCC3)CC2)(c2ccc(F)c(O)c2)C1. The maximum absolute atomic E-state index is 14.2. The van der Waals surface area contributed by atoms with Gasteiger partial charge in [0.15, 0.2) is 11.6 Å². The molecule has 3 fully saturated rings. The predicted octanol–water partition coefficient (Wildman–Crippen LogP) is 7.68. The van der Waals surface area contributed by atoms with Gasteiger partial charge in [0.1, 0.15) is 0 Å². The summed E-state index contributed by atoms with van der Waals surface area (Å²) in [6, 6.07) is 9.68. The van der Waals surface area contributed by atoms with Crippen LogP contribution in [0.4, 0.5) is 17.6 Å². The number of phenolic OH excluding ortho intramolecular Hbond substituents is 1. The van der Waals surface area contributed by atoms with E-state index in [1.54, 1.807) is 25.1 Å². The van der Waals surface area contributed by atoms with E-state index in [1.165, 1.54) is 50.3 Å². The van der Waals surface area contributed by atoms with Crippen molar-refractivity contribution in [3.05, 3.63) is 76.7 Å². The fraction of sp³-hybridized carbons (Fsp3) is 0.600. The Morgan fingerprint density at radius 1 is 0.953 bits per heavy atom. The van der Waals surface area contributed by atoms with Crippen LogP contribution in [0.15, 0.2) is 48.7 Å². The zero-order chi connectivity index (χ0) is 30.6. The molecule has 3 aliphatic rings. The molecule has 1 unspecified atom stereocenters. The van der Waals surface area contributed by atoms with Gasteiger partial charge in [0.05, 0.1) is 5.56 Å². The topological polar surface area (TPSA) is 30.0 Å². The maximum Gasteiger partial charge on any atom is 0.416 e. The molecular weight excluding hydrogens is 554 g/mol. The van der Waals surface area contributed by atoms with Gasteiger partial charge in [0.2, 0.25) is 0 Å². The first kappa shape index (κ1) is 31.8. The number of rotatable bonds is 8. The Hall–Kier alpha value is -2.58. The maximum atomic E-state index is 14.2. The van der Waals surface area contributed by atoms with Crippen molar-refractivity contribution in [3.63, 3.8) is 0 Å². The molecule has 43 heavy (non-hydrogen) atoms. The molecule has 2 heterocycles. The van der Waals surface area contributed by atoms with Crippen LogP contribution in [-0.4, -0.2) is 71.7 Å². The number of phenols is 1. The zero-order valence-electron chi connectivity index (χ0n) is 25.6. The first-order chi connectivity index (χ1) is 20.5. The number of hydrogen-bond donors (Lipinski definition) is 1. The van der Waals surface area contributed by atoms with Gasteiger partial charge < -0.3 is 14.9 Å². The molecule has 0 amide bonds. The van der Waals surface area contributed by atoms with Crippen LogP contribution in [0.5, 0.6) is 5.75 Å². The molecule has 236 valence electrons. The molecule has 5 rings (SSSR count). The molecule has 2 saturated heterocycles. The summed E-state index contributed by atoms with van der Waals surface area (Å²) in [5.74, 6) is -0.973. The Morgan fingerprint density at radius 2 is 1.70 bits per heavy atom. The fourth-order valence-corrected chi connectivity index (χ4v) is 7.63. The molecule has 2 aliphatic heterocycles. The van der Waals surface area contributed by atoms with Crippen molar-refractivity contribution in [2.45, 2.75) is 88.8 Å². The molecule has 2 aromatic rings. The minimum Gasteiger partial charge on any atom is -0.505 e. The lowest BCUT2D eigenvalue weighted by Crippen LogP contribution is -2.51. The summed E-state index contributed by atoms with van der Waals surface area (Å²) in [5.41, 5.74) is 1.91. The largest absolute Gasteiger partial charge is 0.505 e. The Morgan fingerprint density at radius 3 is 2.40 bits per heavy atom. The zero-order valence-corrected chi connectivity index (χ0v) is 25.6. The van der Waals surface area contributed by atoms with Crippen LogP contribution >= 0.6 is 0 Å². The number of nitrogens with zero attached hydrogens (tertiary/aromatic N) is 3. The number of aryl methyl sites for hydroxylation is 1. The van der Waals surface area contributed by atoms with Gasteiger partial charge in [0, 0.05) is 62.8 Å². The number of alkyl halides is 3. The molecule has 4 nitrogen and oxygen atoms in total. The molecule has 0 radical (unpaired) electrons. The normalized spacial score (nSPS) is 23.3. The predicted molar refractivity (Wildman–Crippen MR) is 164 cm³/mol. The van der Waals surface area contributed by atoms with E-state index in [2.05, 4.69) is 21.3 Å². The van der Waals surface area contributed by atoms with E-state index in [1.807, 2.05) is 0 Å². The molecule has 0 bridgehead atoms. The average molecular weight is 602 g/mol. The van der Waals surface area contributed by atoms with Gasteiger partial charge in [-0.05, 0) is 81.0 Å². The fourth-order valence-electron chi connectivity index (χ4n) is 7.63. The summed E-state index contributed by atoms with van der Waals surface area (Å²) in [7, 11) is 0. The molecule has 0 aromatic heterocycles. The van der Waals surface area contributed by atoms with Crippen molar-refractivity contribution in [3.8, 4) is 5.75 Å². The van der Waals surface area contributed by atoms with Crippen molar-refractivity contribution < 1.29 is 22.7 Å². The van der Waals surface area contributed by atoms with Gasteiger partial charge in [-0.2, -0.15) is 13.2 Å². The van der Waals surface area contributed by atoms with E-state index >= 15 is 0 Å². The van der Waals surface area contributed by atoms with E-state index in [9.17, 15) is 22.7 Å². The highest BCUT2D eigenvalue weighted by atomic mass is 19.4. The summed E-state index contributed by atoms with van der Waals surface area (Å²) in [4.78, 5) is 7.44. The van der Waals surface area contributed by atoms with E-state index in [4.69, 9.17) is 0 Å². The Labute approximate surface area is 254 Å². The highest BCUT2D eigenvalue weighted by molar-refractivity contribution is 5.36. The second-order valence-electron chi connectivity index (χ2n) is 13.2. The quantitative estimate of drug-likeness (QED) is 0.315. The smallest absolute Gasteiger partial charge is 0.416 e. The Bertz CT molecular complexity index is 1250. The molecule has 1 atom stereocenters. The summed E-state index contributed by atoms with van der Waals surface area (Å²) < 4.78 is 54.7. The summed E-state index contributed by atoms with van der Waals surface area (Å²) >= 11 is 0. The third-order valence-corrected chi connectivity index (χ3v) is 10.1. The Kier molecular flexibility index (Phi) is 10.1. The van der Waals surface area contributed by atoms with Gasteiger partial charge in [-0.15, -0.1) is 0 Å².